The molecule has 5 heteroatoms. The molecule has 0 unspecified atom stereocenters. The highest BCUT2D eigenvalue weighted by Crippen LogP contribution is 2.38. The second-order valence-corrected chi connectivity index (χ2v) is 13.5. The van der Waals surface area contributed by atoms with E-state index in [1.807, 2.05) is 54.9 Å². The van der Waals surface area contributed by atoms with Gasteiger partial charge in [0, 0.05) is 51.8 Å². The largest absolute Gasteiger partial charge is 0.310 e. The van der Waals surface area contributed by atoms with Crippen molar-refractivity contribution in [3.05, 3.63) is 199 Å². The Labute approximate surface area is 315 Å². The van der Waals surface area contributed by atoms with E-state index in [2.05, 4.69) is 157 Å². The lowest BCUT2D eigenvalue weighted by Gasteiger charge is -2.26. The van der Waals surface area contributed by atoms with Gasteiger partial charge in [0.2, 0.25) is 0 Å². The smallest absolute Gasteiger partial charge is 0.164 e. The first-order chi connectivity index (χ1) is 26.6. The summed E-state index contributed by atoms with van der Waals surface area (Å²) in [5.74, 6) is 0.814. The van der Waals surface area contributed by atoms with Gasteiger partial charge in [-0.2, -0.15) is 0 Å². The average Bonchev–Trinajstić information content (AvgIpc) is 3.62. The van der Waals surface area contributed by atoms with Gasteiger partial charge in [-0.15, -0.1) is 0 Å². The van der Waals surface area contributed by atoms with E-state index in [0.717, 1.165) is 67.7 Å². The van der Waals surface area contributed by atoms with E-state index in [9.17, 15) is 0 Å². The van der Waals surface area contributed by atoms with Gasteiger partial charge in [0.25, 0.3) is 0 Å². The van der Waals surface area contributed by atoms with Crippen molar-refractivity contribution in [2.45, 2.75) is 13.8 Å². The lowest BCUT2D eigenvalue weighted by Crippen LogP contribution is -2.10. The number of hydrogen-bond acceptors (Lipinski definition) is 4. The Morgan fingerprint density at radius 3 is 1.57 bits per heavy atom. The third-order valence-corrected chi connectivity index (χ3v) is 9.97. The number of imidazole rings is 1. The predicted octanol–water partition coefficient (Wildman–Crippen LogP) is 12.6. The van der Waals surface area contributed by atoms with Crippen LogP contribution in [0.3, 0.4) is 0 Å². The summed E-state index contributed by atoms with van der Waals surface area (Å²) in [6.07, 6.45) is 3.84. The van der Waals surface area contributed by atoms with Crippen LogP contribution in [0.2, 0.25) is 0 Å². The van der Waals surface area contributed by atoms with Gasteiger partial charge in [0.15, 0.2) is 5.82 Å². The fourth-order valence-corrected chi connectivity index (χ4v) is 7.28. The molecule has 0 aliphatic rings. The van der Waals surface area contributed by atoms with E-state index in [1.165, 1.54) is 22.3 Å². The van der Waals surface area contributed by atoms with E-state index >= 15 is 0 Å². The summed E-state index contributed by atoms with van der Waals surface area (Å²) in [6, 6.07) is 61.3. The van der Waals surface area contributed by atoms with Crippen LogP contribution in [0.4, 0.5) is 17.1 Å². The summed E-state index contributed by atoms with van der Waals surface area (Å²) in [5, 5.41) is 0. The van der Waals surface area contributed by atoms with E-state index in [0.29, 0.717) is 0 Å². The van der Waals surface area contributed by atoms with Crippen molar-refractivity contribution in [3.63, 3.8) is 0 Å². The Morgan fingerprint density at radius 1 is 0.444 bits per heavy atom. The highest BCUT2D eigenvalue weighted by Gasteiger charge is 2.17. The third kappa shape index (κ3) is 6.22. The summed E-state index contributed by atoms with van der Waals surface area (Å²) in [6.45, 7) is 4.38. The zero-order chi connectivity index (χ0) is 36.4. The minimum atomic E-state index is 0.813. The fourth-order valence-electron chi connectivity index (χ4n) is 7.28. The van der Waals surface area contributed by atoms with Gasteiger partial charge < -0.3 is 4.90 Å². The molecule has 258 valence electrons. The molecular formula is C49H37N5. The SMILES string of the molecule is Cc1cc(-c2ccc(-c3ccc(-c4nc5ccccc5n4-c4ccccc4)nc3)cn2)ccc1-c1ccc(N(c2ccccc2)c2ccccc2)cc1C. The molecular weight excluding hydrogens is 659 g/mol. The molecule has 0 amide bonds. The van der Waals surface area contributed by atoms with Crippen LogP contribution in [-0.4, -0.2) is 19.5 Å². The van der Waals surface area contributed by atoms with Crippen LogP contribution in [0.25, 0.3) is 61.8 Å². The molecule has 0 spiro atoms. The van der Waals surface area contributed by atoms with Gasteiger partial charge in [-0.05, 0) is 115 Å². The van der Waals surface area contributed by atoms with E-state index in [4.69, 9.17) is 15.0 Å². The van der Waals surface area contributed by atoms with Crippen molar-refractivity contribution >= 4 is 28.1 Å². The van der Waals surface area contributed by atoms with Gasteiger partial charge in [-0.25, -0.2) is 4.98 Å². The zero-order valence-corrected chi connectivity index (χ0v) is 30.1. The number of aryl methyl sites for hydroxylation is 2. The maximum Gasteiger partial charge on any atom is 0.164 e. The second kappa shape index (κ2) is 14.1. The number of aromatic nitrogens is 4. The Kier molecular flexibility index (Phi) is 8.58. The van der Waals surface area contributed by atoms with Crippen LogP contribution in [0, 0.1) is 13.8 Å². The molecule has 0 fully saturated rings. The number of rotatable bonds is 8. The van der Waals surface area contributed by atoms with Gasteiger partial charge in [0.05, 0.1) is 16.7 Å². The predicted molar refractivity (Wildman–Crippen MR) is 223 cm³/mol. The molecule has 0 aliphatic carbocycles. The van der Waals surface area contributed by atoms with Crippen LogP contribution in [-0.2, 0) is 0 Å². The summed E-state index contributed by atoms with van der Waals surface area (Å²) < 4.78 is 2.17. The van der Waals surface area contributed by atoms with Gasteiger partial charge >= 0.3 is 0 Å². The molecule has 0 radical (unpaired) electrons. The van der Waals surface area contributed by atoms with Gasteiger partial charge in [0.1, 0.15) is 5.69 Å². The van der Waals surface area contributed by atoms with Crippen LogP contribution in [0.15, 0.2) is 188 Å². The summed E-state index contributed by atoms with van der Waals surface area (Å²) in [7, 11) is 0. The number of benzene rings is 6. The molecule has 0 atom stereocenters. The van der Waals surface area contributed by atoms with Crippen molar-refractivity contribution in [2.75, 3.05) is 4.90 Å². The zero-order valence-electron chi connectivity index (χ0n) is 30.1. The standard InChI is InChI=1S/C49H37N5/c1-34-30-36(22-26-43(34)44-27-25-42(31-35(44)2)53(39-14-6-3-7-15-39)40-16-8-4-9-17-40)45-28-23-37(32-50-45)38-24-29-47(51-33-38)49-52-46-20-12-13-21-48(46)54(49)41-18-10-5-11-19-41/h3-33H,1-2H3. The molecule has 0 aliphatic heterocycles. The molecule has 3 aromatic heterocycles. The number of pyridine rings is 2. The first-order valence-corrected chi connectivity index (χ1v) is 18.2. The number of fused-ring (bicyclic) bond motifs is 1. The maximum atomic E-state index is 4.96. The molecule has 9 rings (SSSR count). The van der Waals surface area contributed by atoms with Crippen LogP contribution >= 0.6 is 0 Å². The van der Waals surface area contributed by atoms with Gasteiger partial charge in [-0.3, -0.25) is 14.5 Å². The first kappa shape index (κ1) is 32.8. The molecule has 9 aromatic rings. The summed E-state index contributed by atoms with van der Waals surface area (Å²) in [5.41, 5.74) is 16.2. The highest BCUT2D eigenvalue weighted by molar-refractivity contribution is 5.84. The molecule has 3 heterocycles. The van der Waals surface area contributed by atoms with Gasteiger partial charge in [-0.1, -0.05) is 97.1 Å². The molecule has 0 N–H and O–H groups in total. The number of nitrogens with zero attached hydrogens (tertiary/aromatic N) is 5. The van der Waals surface area contributed by atoms with Crippen molar-refractivity contribution in [1.82, 2.24) is 19.5 Å². The Hall–Kier alpha value is -7.11. The molecule has 54 heavy (non-hydrogen) atoms. The first-order valence-electron chi connectivity index (χ1n) is 18.2. The molecule has 0 saturated heterocycles. The minimum absolute atomic E-state index is 0.813. The van der Waals surface area contributed by atoms with E-state index in [1.54, 1.807) is 0 Å². The Balaban J connectivity index is 0.960. The summed E-state index contributed by atoms with van der Waals surface area (Å²) in [4.78, 5) is 17.0. The van der Waals surface area contributed by atoms with Crippen molar-refractivity contribution in [1.29, 1.82) is 0 Å². The van der Waals surface area contributed by atoms with E-state index < -0.39 is 0 Å². The number of anilines is 3. The lowest BCUT2D eigenvalue weighted by molar-refractivity contribution is 1.08. The average molecular weight is 696 g/mol. The van der Waals surface area contributed by atoms with Crippen LogP contribution < -0.4 is 4.90 Å². The topological polar surface area (TPSA) is 46.8 Å². The van der Waals surface area contributed by atoms with Crippen molar-refractivity contribution in [3.8, 4) is 50.7 Å². The minimum Gasteiger partial charge on any atom is -0.310 e. The number of para-hydroxylation sites is 5. The molecule has 0 saturated carbocycles. The number of hydrogen-bond donors (Lipinski definition) is 0. The molecule has 6 aromatic carbocycles. The Morgan fingerprint density at radius 2 is 0.981 bits per heavy atom. The van der Waals surface area contributed by atoms with Crippen LogP contribution in [0.5, 0.6) is 0 Å². The second-order valence-electron chi connectivity index (χ2n) is 13.5. The van der Waals surface area contributed by atoms with Crippen molar-refractivity contribution < 1.29 is 0 Å². The third-order valence-electron chi connectivity index (χ3n) is 9.97. The van der Waals surface area contributed by atoms with Crippen molar-refractivity contribution in [2.24, 2.45) is 0 Å². The quantitative estimate of drug-likeness (QED) is 0.159. The van der Waals surface area contributed by atoms with Crippen LogP contribution in [0.1, 0.15) is 11.1 Å². The Bertz CT molecular complexity index is 2660. The normalized spacial score (nSPS) is 11.1. The monoisotopic (exact) mass is 695 g/mol. The summed E-state index contributed by atoms with van der Waals surface area (Å²) >= 11 is 0. The van der Waals surface area contributed by atoms with E-state index in [-0.39, 0.29) is 0 Å². The molecule has 5 nitrogen and oxygen atoms in total. The lowest BCUT2D eigenvalue weighted by atomic mass is 9.93. The highest BCUT2D eigenvalue weighted by atomic mass is 15.1. The fraction of sp³-hybridized carbons (Fsp3) is 0.0408. The molecule has 0 bridgehead atoms. The maximum absolute atomic E-state index is 4.96.